The van der Waals surface area contributed by atoms with Crippen LogP contribution in [0.15, 0.2) is 53.1 Å². The molecule has 0 atom stereocenters. The normalized spacial score (nSPS) is 14.6. The van der Waals surface area contributed by atoms with Crippen LogP contribution in [0.4, 0.5) is 5.69 Å². The summed E-state index contributed by atoms with van der Waals surface area (Å²) in [5.41, 5.74) is 3.62. The summed E-state index contributed by atoms with van der Waals surface area (Å²) in [5, 5.41) is 10.9. The summed E-state index contributed by atoms with van der Waals surface area (Å²) in [4.78, 5) is 17.1. The predicted molar refractivity (Wildman–Crippen MR) is 175 cm³/mol. The molecule has 5 rings (SSSR count). The first kappa shape index (κ1) is 32.5. The van der Waals surface area contributed by atoms with Crippen molar-refractivity contribution < 1.29 is 26.0 Å². The zero-order valence-corrected chi connectivity index (χ0v) is 27.3. The van der Waals surface area contributed by atoms with Gasteiger partial charge in [-0.1, -0.05) is 13.8 Å². The van der Waals surface area contributed by atoms with Crippen molar-refractivity contribution >= 4 is 53.5 Å². The Hall–Kier alpha value is -3.86. The van der Waals surface area contributed by atoms with E-state index in [-0.39, 0.29) is 17.3 Å². The van der Waals surface area contributed by atoms with Crippen LogP contribution in [0.1, 0.15) is 61.2 Å². The van der Waals surface area contributed by atoms with Gasteiger partial charge in [-0.2, -0.15) is 5.26 Å². The third-order valence-electron chi connectivity index (χ3n) is 8.10. The Labute approximate surface area is 264 Å². The molecule has 1 amide bonds. The van der Waals surface area contributed by atoms with Gasteiger partial charge in [0.25, 0.3) is 5.91 Å². The second kappa shape index (κ2) is 13.6. The lowest BCUT2D eigenvalue weighted by Gasteiger charge is -2.36. The number of nitriles is 1. The molecule has 0 spiro atoms. The van der Waals surface area contributed by atoms with Crippen molar-refractivity contribution in [1.82, 2.24) is 13.6 Å². The number of aromatic nitrogens is 1. The highest BCUT2D eigenvalue weighted by atomic mass is 32.2. The fourth-order valence-corrected chi connectivity index (χ4v) is 8.33. The van der Waals surface area contributed by atoms with Crippen molar-refractivity contribution in [2.45, 2.75) is 46.0 Å². The number of hydrogen-bond donors (Lipinski definition) is 1. The first-order valence-electron chi connectivity index (χ1n) is 15.4. The van der Waals surface area contributed by atoms with E-state index in [4.69, 9.17) is 4.42 Å². The van der Waals surface area contributed by atoms with Crippen molar-refractivity contribution in [2.24, 2.45) is 0 Å². The number of amides is 1. The molecule has 11 nitrogen and oxygen atoms in total. The standard InChI is InChI=1S/C32H39N5O6S2/c1-3-17-44(39,40)34-32(38)31-21-26-20-27(9-11-30(26)43-31)36-15-13-35(14-16-36)12-6-5-7-25-23-37(45(41,42)18-4-2)29-10-8-24(22-33)19-28(25)29/h8-11,19-21,23H,3-7,12-18H2,1-2H3,(H,34,38). The molecule has 1 N–H and O–H groups in total. The maximum atomic E-state index is 12.9. The van der Waals surface area contributed by atoms with Crippen LogP contribution in [-0.4, -0.2) is 75.8 Å². The van der Waals surface area contributed by atoms with Gasteiger partial charge >= 0.3 is 0 Å². The molecule has 3 heterocycles. The zero-order chi connectivity index (χ0) is 32.2. The number of carbonyl (C=O) groups excluding carboxylic acids is 1. The number of carbonyl (C=O) groups is 1. The van der Waals surface area contributed by atoms with Gasteiger partial charge in [-0.3, -0.25) is 9.69 Å². The highest BCUT2D eigenvalue weighted by molar-refractivity contribution is 7.90. The topological polar surface area (TPSA) is 146 Å². The SMILES string of the molecule is CCCS(=O)(=O)NC(=O)c1cc2cc(N3CCN(CCCCc4cn(S(=O)(=O)CCC)c5ccc(C#N)cc45)CC3)ccc2o1. The highest BCUT2D eigenvalue weighted by Gasteiger charge is 2.22. The van der Waals surface area contributed by atoms with E-state index in [1.807, 2.05) is 19.1 Å². The van der Waals surface area contributed by atoms with Crippen molar-refractivity contribution in [3.63, 3.8) is 0 Å². The quantitative estimate of drug-likeness (QED) is 0.207. The minimum atomic E-state index is -3.69. The number of furan rings is 1. The van der Waals surface area contributed by atoms with Crippen LogP contribution in [0, 0.1) is 11.3 Å². The first-order valence-corrected chi connectivity index (χ1v) is 18.6. The van der Waals surface area contributed by atoms with Crippen LogP contribution in [0.25, 0.3) is 21.9 Å². The van der Waals surface area contributed by atoms with Gasteiger partial charge in [0, 0.05) is 48.8 Å². The number of hydrogen-bond acceptors (Lipinski definition) is 9. The van der Waals surface area contributed by atoms with Crippen LogP contribution in [0.5, 0.6) is 0 Å². The van der Waals surface area contributed by atoms with Gasteiger partial charge in [0.15, 0.2) is 5.76 Å². The summed E-state index contributed by atoms with van der Waals surface area (Å²) < 4.78 is 58.8. The molecule has 0 radical (unpaired) electrons. The summed E-state index contributed by atoms with van der Waals surface area (Å²) in [6.07, 6.45) is 5.27. The fourth-order valence-electron chi connectivity index (χ4n) is 5.85. The molecule has 0 saturated carbocycles. The molecule has 0 bridgehead atoms. The number of sulfonamides is 1. The van der Waals surface area contributed by atoms with Crippen LogP contribution in [0.2, 0.25) is 0 Å². The highest BCUT2D eigenvalue weighted by Crippen LogP contribution is 2.28. The monoisotopic (exact) mass is 653 g/mol. The van der Waals surface area contributed by atoms with Crippen molar-refractivity contribution in [2.75, 3.05) is 49.1 Å². The zero-order valence-electron chi connectivity index (χ0n) is 25.7. The predicted octanol–water partition coefficient (Wildman–Crippen LogP) is 4.46. The number of anilines is 1. The Morgan fingerprint density at radius 3 is 2.42 bits per heavy atom. The van der Waals surface area contributed by atoms with E-state index in [0.717, 1.165) is 74.0 Å². The van der Waals surface area contributed by atoms with Crippen molar-refractivity contribution in [3.8, 4) is 6.07 Å². The lowest BCUT2D eigenvalue weighted by Crippen LogP contribution is -2.46. The van der Waals surface area contributed by atoms with Gasteiger partial charge < -0.3 is 9.32 Å². The molecule has 13 heteroatoms. The molecule has 2 aromatic carbocycles. The van der Waals surface area contributed by atoms with E-state index in [0.29, 0.717) is 29.5 Å². The molecule has 1 saturated heterocycles. The number of nitrogens with zero attached hydrogens (tertiary/aromatic N) is 4. The molecule has 1 fully saturated rings. The van der Waals surface area contributed by atoms with Crippen molar-refractivity contribution in [3.05, 3.63) is 65.5 Å². The van der Waals surface area contributed by atoms with Gasteiger partial charge in [0.05, 0.1) is 28.7 Å². The number of benzene rings is 2. The summed E-state index contributed by atoms with van der Waals surface area (Å²) in [6, 6.07) is 14.6. The average Bonchev–Trinajstić information content (AvgIpc) is 3.61. The molecular weight excluding hydrogens is 615 g/mol. The maximum Gasteiger partial charge on any atom is 0.300 e. The van der Waals surface area contributed by atoms with E-state index < -0.39 is 26.0 Å². The Morgan fingerprint density at radius 2 is 1.71 bits per heavy atom. The number of rotatable bonds is 13. The number of piperazine rings is 1. The van der Waals surface area contributed by atoms with Crippen LogP contribution in [-0.2, 0) is 26.5 Å². The smallest absolute Gasteiger partial charge is 0.300 e. The van der Waals surface area contributed by atoms with Crippen molar-refractivity contribution in [1.29, 1.82) is 5.26 Å². The summed E-state index contributed by atoms with van der Waals surface area (Å²) in [6.45, 7) is 7.98. The molecule has 4 aromatic rings. The molecule has 1 aliphatic heterocycles. The second-order valence-corrected chi connectivity index (χ2v) is 15.3. The van der Waals surface area contributed by atoms with Gasteiger partial charge in [-0.05, 0) is 86.7 Å². The molecule has 1 aliphatic rings. The lowest BCUT2D eigenvalue weighted by molar-refractivity contribution is 0.0956. The van der Waals surface area contributed by atoms with Gasteiger partial charge in [-0.25, -0.2) is 25.5 Å². The molecule has 0 aliphatic carbocycles. The van der Waals surface area contributed by atoms with Gasteiger partial charge in [-0.15, -0.1) is 0 Å². The minimum absolute atomic E-state index is 0.0377. The summed E-state index contributed by atoms with van der Waals surface area (Å²) in [7, 11) is -7.15. The Balaban J connectivity index is 1.15. The number of fused-ring (bicyclic) bond motifs is 2. The fraction of sp³-hybridized carbons (Fsp3) is 0.438. The van der Waals surface area contributed by atoms with Gasteiger partial charge in [0.1, 0.15) is 5.58 Å². The van der Waals surface area contributed by atoms with E-state index in [1.165, 1.54) is 3.97 Å². The van der Waals surface area contributed by atoms with E-state index in [9.17, 15) is 26.9 Å². The minimum Gasteiger partial charge on any atom is -0.451 e. The van der Waals surface area contributed by atoms with Crippen LogP contribution in [0.3, 0.4) is 0 Å². The Kier molecular flexibility index (Phi) is 9.86. The molecular formula is C32H39N5O6S2. The largest absolute Gasteiger partial charge is 0.451 e. The number of nitrogens with one attached hydrogen (secondary N) is 1. The van der Waals surface area contributed by atoms with E-state index in [1.54, 1.807) is 43.5 Å². The summed E-state index contributed by atoms with van der Waals surface area (Å²) >= 11 is 0. The van der Waals surface area contributed by atoms with Crippen LogP contribution >= 0.6 is 0 Å². The molecule has 2 aromatic heterocycles. The third-order valence-corrected chi connectivity index (χ3v) is 11.4. The first-order chi connectivity index (χ1) is 21.5. The van der Waals surface area contributed by atoms with E-state index >= 15 is 0 Å². The van der Waals surface area contributed by atoms with Crippen LogP contribution < -0.4 is 9.62 Å². The number of aryl methyl sites for hydroxylation is 1. The Bertz CT molecular complexity index is 1950. The lowest BCUT2D eigenvalue weighted by atomic mass is 10.1. The molecule has 0 unspecified atom stereocenters. The average molecular weight is 654 g/mol. The third kappa shape index (κ3) is 7.52. The second-order valence-electron chi connectivity index (χ2n) is 11.5. The molecule has 45 heavy (non-hydrogen) atoms. The number of unbranched alkanes of at least 4 members (excludes halogenated alkanes) is 1. The Morgan fingerprint density at radius 1 is 0.956 bits per heavy atom. The molecule has 240 valence electrons. The maximum absolute atomic E-state index is 12.9. The van der Waals surface area contributed by atoms with Gasteiger partial charge in [0.2, 0.25) is 20.0 Å². The van der Waals surface area contributed by atoms with E-state index in [2.05, 4.69) is 20.6 Å². The summed E-state index contributed by atoms with van der Waals surface area (Å²) in [5.74, 6) is -0.865.